The molecule has 1 atom stereocenters. The number of piperidine rings is 1. The van der Waals surface area contributed by atoms with Gasteiger partial charge in [0.1, 0.15) is 0 Å². The number of aryl methyl sites for hydroxylation is 2. The lowest BCUT2D eigenvalue weighted by Gasteiger charge is -2.35. The minimum absolute atomic E-state index is 0.635. The SMILES string of the molecule is CCc1cc(CN2CCCCC2CNCCOC)n(C)n1. The number of nitrogens with one attached hydrogen (secondary N) is 1. The summed E-state index contributed by atoms with van der Waals surface area (Å²) in [7, 11) is 3.81. The maximum absolute atomic E-state index is 5.10. The van der Waals surface area contributed by atoms with Gasteiger partial charge >= 0.3 is 0 Å². The van der Waals surface area contributed by atoms with Gasteiger partial charge in [-0.1, -0.05) is 13.3 Å². The first-order valence-electron chi connectivity index (χ1n) is 8.20. The van der Waals surface area contributed by atoms with Gasteiger partial charge in [0.15, 0.2) is 0 Å². The largest absolute Gasteiger partial charge is 0.383 e. The molecular formula is C16H30N4O. The molecule has 0 radical (unpaired) electrons. The number of likely N-dealkylation sites (tertiary alicyclic amines) is 1. The van der Waals surface area contributed by atoms with Crippen molar-refractivity contribution in [2.75, 3.05) is 33.4 Å². The number of hydrogen-bond acceptors (Lipinski definition) is 4. The Morgan fingerprint density at radius 1 is 1.43 bits per heavy atom. The molecule has 0 aromatic carbocycles. The molecule has 2 rings (SSSR count). The molecule has 0 aliphatic carbocycles. The van der Waals surface area contributed by atoms with E-state index in [1.165, 1.54) is 37.2 Å². The summed E-state index contributed by atoms with van der Waals surface area (Å²) < 4.78 is 7.14. The van der Waals surface area contributed by atoms with Gasteiger partial charge < -0.3 is 10.1 Å². The topological polar surface area (TPSA) is 42.3 Å². The summed E-state index contributed by atoms with van der Waals surface area (Å²) in [6, 6.07) is 2.89. The summed E-state index contributed by atoms with van der Waals surface area (Å²) in [5.41, 5.74) is 2.52. The number of hydrogen-bond donors (Lipinski definition) is 1. The summed E-state index contributed by atoms with van der Waals surface area (Å²) in [6.45, 7) is 7.15. The zero-order chi connectivity index (χ0) is 15.1. The molecule has 1 aliphatic heterocycles. The lowest BCUT2D eigenvalue weighted by atomic mass is 10.0. The third-order valence-corrected chi connectivity index (χ3v) is 4.37. The van der Waals surface area contributed by atoms with Gasteiger partial charge in [0.2, 0.25) is 0 Å². The Kier molecular flexibility index (Phi) is 6.67. The van der Waals surface area contributed by atoms with E-state index in [0.717, 1.165) is 32.7 Å². The van der Waals surface area contributed by atoms with Gasteiger partial charge in [0, 0.05) is 39.8 Å². The number of ether oxygens (including phenoxy) is 1. The van der Waals surface area contributed by atoms with Crippen LogP contribution < -0.4 is 5.32 Å². The van der Waals surface area contributed by atoms with Crippen LogP contribution in [0.1, 0.15) is 37.6 Å². The average Bonchev–Trinajstić information content (AvgIpc) is 2.86. The minimum Gasteiger partial charge on any atom is -0.383 e. The molecule has 1 aromatic heterocycles. The molecule has 0 saturated carbocycles. The van der Waals surface area contributed by atoms with Crippen LogP contribution in [0, 0.1) is 0 Å². The van der Waals surface area contributed by atoms with Crippen LogP contribution in [0.25, 0.3) is 0 Å². The van der Waals surface area contributed by atoms with Crippen molar-refractivity contribution in [3.8, 4) is 0 Å². The predicted molar refractivity (Wildman–Crippen MR) is 85.4 cm³/mol. The summed E-state index contributed by atoms with van der Waals surface area (Å²) in [5.74, 6) is 0. The first-order valence-corrected chi connectivity index (χ1v) is 8.20. The monoisotopic (exact) mass is 294 g/mol. The van der Waals surface area contributed by atoms with Crippen molar-refractivity contribution < 1.29 is 4.74 Å². The Morgan fingerprint density at radius 3 is 3.00 bits per heavy atom. The maximum atomic E-state index is 5.10. The second-order valence-corrected chi connectivity index (χ2v) is 5.92. The second kappa shape index (κ2) is 8.51. The predicted octanol–water partition coefficient (Wildman–Crippen LogP) is 1.57. The van der Waals surface area contributed by atoms with Crippen LogP contribution in [-0.2, 0) is 24.8 Å². The lowest BCUT2D eigenvalue weighted by molar-refractivity contribution is 0.130. The van der Waals surface area contributed by atoms with Crippen molar-refractivity contribution in [1.82, 2.24) is 20.0 Å². The Bertz CT molecular complexity index is 418. The van der Waals surface area contributed by atoms with E-state index in [9.17, 15) is 0 Å². The molecule has 2 heterocycles. The van der Waals surface area contributed by atoms with Crippen molar-refractivity contribution in [3.05, 3.63) is 17.5 Å². The van der Waals surface area contributed by atoms with Crippen LogP contribution in [0.15, 0.2) is 6.07 Å². The minimum atomic E-state index is 0.635. The van der Waals surface area contributed by atoms with Crippen molar-refractivity contribution in [1.29, 1.82) is 0 Å². The van der Waals surface area contributed by atoms with E-state index in [4.69, 9.17) is 4.74 Å². The van der Waals surface area contributed by atoms with Crippen molar-refractivity contribution >= 4 is 0 Å². The van der Waals surface area contributed by atoms with Crippen molar-refractivity contribution in [2.24, 2.45) is 7.05 Å². The van der Waals surface area contributed by atoms with E-state index in [1.807, 2.05) is 4.68 Å². The molecule has 1 unspecified atom stereocenters. The van der Waals surface area contributed by atoms with E-state index >= 15 is 0 Å². The summed E-state index contributed by atoms with van der Waals surface area (Å²) in [5, 5.41) is 8.08. The van der Waals surface area contributed by atoms with Crippen molar-refractivity contribution in [2.45, 2.75) is 45.2 Å². The van der Waals surface area contributed by atoms with Crippen LogP contribution in [0.3, 0.4) is 0 Å². The number of aromatic nitrogens is 2. The molecule has 5 heteroatoms. The molecule has 0 spiro atoms. The highest BCUT2D eigenvalue weighted by atomic mass is 16.5. The van der Waals surface area contributed by atoms with Gasteiger partial charge in [0.05, 0.1) is 18.0 Å². The number of nitrogens with zero attached hydrogens (tertiary/aromatic N) is 3. The highest BCUT2D eigenvalue weighted by Crippen LogP contribution is 2.19. The fourth-order valence-corrected chi connectivity index (χ4v) is 3.04. The van der Waals surface area contributed by atoms with E-state index in [-0.39, 0.29) is 0 Å². The smallest absolute Gasteiger partial charge is 0.0625 e. The Labute approximate surface area is 128 Å². The number of rotatable bonds is 8. The highest BCUT2D eigenvalue weighted by molar-refractivity contribution is 5.10. The third kappa shape index (κ3) is 4.80. The third-order valence-electron chi connectivity index (χ3n) is 4.37. The maximum Gasteiger partial charge on any atom is 0.0625 e. The Balaban J connectivity index is 1.90. The lowest BCUT2D eigenvalue weighted by Crippen LogP contribution is -2.45. The first kappa shape index (κ1) is 16.5. The van der Waals surface area contributed by atoms with Gasteiger partial charge in [-0.15, -0.1) is 0 Å². The van der Waals surface area contributed by atoms with E-state index < -0.39 is 0 Å². The molecule has 1 saturated heterocycles. The number of methoxy groups -OCH3 is 1. The van der Waals surface area contributed by atoms with Crippen LogP contribution in [-0.4, -0.2) is 54.1 Å². The zero-order valence-electron chi connectivity index (χ0n) is 13.8. The van der Waals surface area contributed by atoms with E-state index in [2.05, 4.69) is 35.4 Å². The second-order valence-electron chi connectivity index (χ2n) is 5.92. The summed E-state index contributed by atoms with van der Waals surface area (Å²) in [4.78, 5) is 2.61. The molecule has 0 bridgehead atoms. The molecule has 5 nitrogen and oxygen atoms in total. The fourth-order valence-electron chi connectivity index (χ4n) is 3.04. The van der Waals surface area contributed by atoms with Crippen LogP contribution in [0.2, 0.25) is 0 Å². The molecule has 1 aromatic rings. The van der Waals surface area contributed by atoms with Gasteiger partial charge in [-0.25, -0.2) is 0 Å². The highest BCUT2D eigenvalue weighted by Gasteiger charge is 2.23. The zero-order valence-corrected chi connectivity index (χ0v) is 13.8. The van der Waals surface area contributed by atoms with Crippen LogP contribution in [0.4, 0.5) is 0 Å². The quantitative estimate of drug-likeness (QED) is 0.739. The molecule has 0 amide bonds. The fraction of sp³-hybridized carbons (Fsp3) is 0.812. The average molecular weight is 294 g/mol. The van der Waals surface area contributed by atoms with Crippen molar-refractivity contribution in [3.63, 3.8) is 0 Å². The van der Waals surface area contributed by atoms with Gasteiger partial charge in [-0.2, -0.15) is 5.10 Å². The molecule has 1 aliphatic rings. The van der Waals surface area contributed by atoms with Gasteiger partial charge in [-0.05, 0) is 31.9 Å². The molecule has 21 heavy (non-hydrogen) atoms. The van der Waals surface area contributed by atoms with E-state index in [1.54, 1.807) is 7.11 Å². The normalized spacial score (nSPS) is 20.0. The Hall–Kier alpha value is -0.910. The molecule has 120 valence electrons. The summed E-state index contributed by atoms with van der Waals surface area (Å²) >= 11 is 0. The Morgan fingerprint density at radius 2 is 2.29 bits per heavy atom. The van der Waals surface area contributed by atoms with Crippen LogP contribution >= 0.6 is 0 Å². The molecule has 1 fully saturated rings. The summed E-state index contributed by atoms with van der Waals surface area (Å²) in [6.07, 6.45) is 4.96. The standard InChI is InChI=1S/C16H30N4O/c1-4-14-11-16(19(2)18-14)13-20-9-6-5-7-15(20)12-17-8-10-21-3/h11,15,17H,4-10,12-13H2,1-3H3. The first-order chi connectivity index (χ1) is 10.2. The van der Waals surface area contributed by atoms with Crippen LogP contribution in [0.5, 0.6) is 0 Å². The van der Waals surface area contributed by atoms with Gasteiger partial charge in [-0.3, -0.25) is 9.58 Å². The molecule has 1 N–H and O–H groups in total. The van der Waals surface area contributed by atoms with Gasteiger partial charge in [0.25, 0.3) is 0 Å². The van der Waals surface area contributed by atoms with E-state index in [0.29, 0.717) is 6.04 Å². The molecular weight excluding hydrogens is 264 g/mol.